The third-order valence-electron chi connectivity index (χ3n) is 3.05. The molecule has 4 heteroatoms. The largest absolute Gasteiger partial charge is 0.319 e. The predicted octanol–water partition coefficient (Wildman–Crippen LogP) is 1.71. The fourth-order valence-corrected chi connectivity index (χ4v) is 2.09. The monoisotopic (exact) mass is 244 g/mol. The summed E-state index contributed by atoms with van der Waals surface area (Å²) in [5, 5.41) is 7.60. The van der Waals surface area contributed by atoms with Gasteiger partial charge in [-0.25, -0.2) is 9.67 Å². The molecule has 0 aliphatic rings. The first-order valence-corrected chi connectivity index (χ1v) is 6.30. The first-order valence-electron chi connectivity index (χ1n) is 6.30. The van der Waals surface area contributed by atoms with E-state index >= 15 is 0 Å². The Morgan fingerprint density at radius 1 is 1.17 bits per heavy atom. The highest BCUT2D eigenvalue weighted by Crippen LogP contribution is 2.12. The molecule has 0 amide bonds. The van der Waals surface area contributed by atoms with Crippen LogP contribution in [0.2, 0.25) is 0 Å². The van der Waals surface area contributed by atoms with Crippen molar-refractivity contribution in [3.63, 3.8) is 0 Å². The van der Waals surface area contributed by atoms with Gasteiger partial charge in [0.25, 0.3) is 0 Å². The Kier molecular flexibility index (Phi) is 4.10. The van der Waals surface area contributed by atoms with Crippen LogP contribution in [-0.4, -0.2) is 28.4 Å². The van der Waals surface area contributed by atoms with E-state index in [9.17, 15) is 0 Å². The molecule has 1 aromatic heterocycles. The smallest absolute Gasteiger partial charge is 0.147 e. The summed E-state index contributed by atoms with van der Waals surface area (Å²) < 4.78 is 1.97. The maximum atomic E-state index is 4.42. The van der Waals surface area contributed by atoms with Crippen LogP contribution in [0.25, 0.3) is 0 Å². The minimum atomic E-state index is 0.798. The van der Waals surface area contributed by atoms with Crippen LogP contribution in [0.5, 0.6) is 0 Å². The fourth-order valence-electron chi connectivity index (χ4n) is 2.09. The maximum absolute atomic E-state index is 4.42. The van der Waals surface area contributed by atoms with Crippen LogP contribution in [0.4, 0.5) is 0 Å². The van der Waals surface area contributed by atoms with E-state index in [4.69, 9.17) is 0 Å². The van der Waals surface area contributed by atoms with Crippen molar-refractivity contribution in [2.75, 3.05) is 13.6 Å². The molecule has 0 atom stereocenters. The molecule has 0 spiro atoms. The van der Waals surface area contributed by atoms with E-state index in [1.807, 2.05) is 25.6 Å². The van der Waals surface area contributed by atoms with Gasteiger partial charge in [-0.05, 0) is 45.0 Å². The number of hydrogen-bond acceptors (Lipinski definition) is 3. The molecule has 1 aromatic carbocycles. The molecule has 0 aliphatic heterocycles. The lowest BCUT2D eigenvalue weighted by Gasteiger charge is -2.10. The van der Waals surface area contributed by atoms with Crippen molar-refractivity contribution in [3.05, 3.63) is 47.0 Å². The van der Waals surface area contributed by atoms with E-state index in [-0.39, 0.29) is 0 Å². The maximum Gasteiger partial charge on any atom is 0.147 e. The van der Waals surface area contributed by atoms with Crippen molar-refractivity contribution in [2.45, 2.75) is 26.8 Å². The molecule has 1 N–H and O–H groups in total. The third kappa shape index (κ3) is 2.96. The second-order valence-electron chi connectivity index (χ2n) is 4.49. The molecule has 2 aromatic rings. The van der Waals surface area contributed by atoms with Gasteiger partial charge in [0.15, 0.2) is 0 Å². The molecule has 0 fully saturated rings. The number of nitrogens with one attached hydrogen (secondary N) is 1. The highest BCUT2D eigenvalue weighted by atomic mass is 15.3. The van der Waals surface area contributed by atoms with Crippen molar-refractivity contribution in [3.8, 4) is 0 Å². The molecule has 4 nitrogen and oxygen atoms in total. The van der Waals surface area contributed by atoms with Crippen LogP contribution in [0.15, 0.2) is 24.3 Å². The molecule has 96 valence electrons. The number of hydrogen-bond donors (Lipinski definition) is 1. The van der Waals surface area contributed by atoms with E-state index in [1.54, 1.807) is 0 Å². The van der Waals surface area contributed by atoms with E-state index in [0.717, 1.165) is 31.2 Å². The molecule has 2 rings (SSSR count). The summed E-state index contributed by atoms with van der Waals surface area (Å²) >= 11 is 0. The highest BCUT2D eigenvalue weighted by Gasteiger charge is 2.06. The van der Waals surface area contributed by atoms with Gasteiger partial charge in [-0.1, -0.05) is 24.3 Å². The summed E-state index contributed by atoms with van der Waals surface area (Å²) in [6, 6.07) is 8.53. The third-order valence-corrected chi connectivity index (χ3v) is 3.05. The number of benzene rings is 1. The first kappa shape index (κ1) is 12.8. The zero-order chi connectivity index (χ0) is 13.0. The van der Waals surface area contributed by atoms with Gasteiger partial charge in [0.1, 0.15) is 11.6 Å². The van der Waals surface area contributed by atoms with E-state index < -0.39 is 0 Å². The summed E-state index contributed by atoms with van der Waals surface area (Å²) in [6.45, 7) is 5.71. The Morgan fingerprint density at radius 2 is 1.89 bits per heavy atom. The fraction of sp³-hybridized carbons (Fsp3) is 0.429. The minimum Gasteiger partial charge on any atom is -0.319 e. The van der Waals surface area contributed by atoms with Gasteiger partial charge in [-0.15, -0.1) is 0 Å². The van der Waals surface area contributed by atoms with Gasteiger partial charge >= 0.3 is 0 Å². The topological polar surface area (TPSA) is 42.7 Å². The average Bonchev–Trinajstić information content (AvgIpc) is 2.67. The summed E-state index contributed by atoms with van der Waals surface area (Å²) in [5.74, 6) is 1.80. The Hall–Kier alpha value is -1.68. The van der Waals surface area contributed by atoms with Gasteiger partial charge in [-0.2, -0.15) is 5.10 Å². The van der Waals surface area contributed by atoms with Crippen molar-refractivity contribution in [1.29, 1.82) is 0 Å². The van der Waals surface area contributed by atoms with Crippen LogP contribution >= 0.6 is 0 Å². The van der Waals surface area contributed by atoms with Crippen LogP contribution in [0.3, 0.4) is 0 Å². The summed E-state index contributed by atoms with van der Waals surface area (Å²) in [4.78, 5) is 4.34. The Bertz CT molecular complexity index is 516. The molecular formula is C14H20N4. The first-order chi connectivity index (χ1) is 8.70. The molecule has 1 heterocycles. The molecule has 0 bridgehead atoms. The second-order valence-corrected chi connectivity index (χ2v) is 4.49. The zero-order valence-electron chi connectivity index (χ0n) is 11.3. The van der Waals surface area contributed by atoms with Crippen molar-refractivity contribution >= 4 is 0 Å². The van der Waals surface area contributed by atoms with Crippen molar-refractivity contribution < 1.29 is 0 Å². The zero-order valence-corrected chi connectivity index (χ0v) is 11.3. The molecule has 0 unspecified atom stereocenters. The van der Waals surface area contributed by atoms with Crippen molar-refractivity contribution in [2.24, 2.45) is 0 Å². The van der Waals surface area contributed by atoms with E-state index in [0.29, 0.717) is 0 Å². The lowest BCUT2D eigenvalue weighted by atomic mass is 10.0. The van der Waals surface area contributed by atoms with Gasteiger partial charge in [0, 0.05) is 0 Å². The lowest BCUT2D eigenvalue weighted by Crippen LogP contribution is -2.13. The quantitative estimate of drug-likeness (QED) is 0.870. The molecule has 18 heavy (non-hydrogen) atoms. The van der Waals surface area contributed by atoms with E-state index in [1.165, 1.54) is 11.1 Å². The number of nitrogens with zero attached hydrogens (tertiary/aromatic N) is 3. The molecule has 0 aliphatic carbocycles. The van der Waals surface area contributed by atoms with Gasteiger partial charge in [-0.3, -0.25) is 0 Å². The second kappa shape index (κ2) is 5.78. The predicted molar refractivity (Wildman–Crippen MR) is 72.7 cm³/mol. The van der Waals surface area contributed by atoms with Crippen LogP contribution in [0.1, 0.15) is 22.8 Å². The Morgan fingerprint density at radius 3 is 2.50 bits per heavy atom. The minimum absolute atomic E-state index is 0.798. The molecule has 0 saturated carbocycles. The van der Waals surface area contributed by atoms with Gasteiger partial charge in [0.05, 0.1) is 6.54 Å². The molecular weight excluding hydrogens is 224 g/mol. The van der Waals surface area contributed by atoms with E-state index in [2.05, 4.69) is 39.7 Å². The number of rotatable bonds is 5. The van der Waals surface area contributed by atoms with Crippen molar-refractivity contribution in [1.82, 2.24) is 20.1 Å². The molecule has 0 saturated heterocycles. The van der Waals surface area contributed by atoms with Gasteiger partial charge < -0.3 is 5.32 Å². The summed E-state index contributed by atoms with van der Waals surface area (Å²) in [5.41, 5.74) is 2.69. The average molecular weight is 244 g/mol. The van der Waals surface area contributed by atoms with Crippen LogP contribution < -0.4 is 5.32 Å². The summed E-state index contributed by atoms with van der Waals surface area (Å²) in [6.07, 6.45) is 1.04. The highest BCUT2D eigenvalue weighted by molar-refractivity contribution is 5.27. The summed E-state index contributed by atoms with van der Waals surface area (Å²) in [7, 11) is 1.98. The Balaban J connectivity index is 2.20. The van der Waals surface area contributed by atoms with Gasteiger partial charge in [0.2, 0.25) is 0 Å². The number of likely N-dealkylation sites (N-methyl/N-ethyl adjacent to an activating group) is 1. The normalized spacial score (nSPS) is 10.8. The standard InChI is InChI=1S/C14H20N4/c1-11-16-12(2)18(17-11)10-14-7-5-4-6-13(14)8-9-15-3/h4-7,15H,8-10H2,1-3H3. The number of aryl methyl sites for hydroxylation is 2. The van der Waals surface area contributed by atoms with Crippen LogP contribution in [-0.2, 0) is 13.0 Å². The lowest BCUT2D eigenvalue weighted by molar-refractivity contribution is 0.649. The SMILES string of the molecule is CNCCc1ccccc1Cn1nc(C)nc1C. The number of aromatic nitrogens is 3. The van der Waals surface area contributed by atoms with Crippen LogP contribution in [0, 0.1) is 13.8 Å². The molecule has 0 radical (unpaired) electrons. The Labute approximate surface area is 108 Å².